The largest absolute Gasteiger partial charge is 0.504 e. The summed E-state index contributed by atoms with van der Waals surface area (Å²) in [5, 5.41) is 9.89. The third-order valence-corrected chi connectivity index (χ3v) is 4.78. The van der Waals surface area contributed by atoms with Crippen LogP contribution in [0.4, 0.5) is 0 Å². The lowest BCUT2D eigenvalue weighted by Gasteiger charge is -2.11. The molecule has 2 aromatic rings. The molecule has 0 bridgehead atoms. The van der Waals surface area contributed by atoms with Gasteiger partial charge >= 0.3 is 0 Å². The van der Waals surface area contributed by atoms with Crippen molar-refractivity contribution in [3.05, 3.63) is 52.0 Å². The SMILES string of the molecule is COc1cc(OC)c(CCC(=O)CC(=O)CCc2ccc(Br)cc2)cc1O. The Balaban J connectivity index is 1.84. The highest BCUT2D eigenvalue weighted by Gasteiger charge is 2.14. The Hall–Kier alpha value is -2.34. The molecule has 0 aliphatic rings. The number of aryl methyl sites for hydroxylation is 2. The van der Waals surface area contributed by atoms with E-state index in [2.05, 4.69) is 15.9 Å². The maximum absolute atomic E-state index is 12.1. The van der Waals surface area contributed by atoms with Gasteiger partial charge in [-0.2, -0.15) is 0 Å². The molecule has 0 aromatic heterocycles. The summed E-state index contributed by atoms with van der Waals surface area (Å²) in [7, 11) is 2.97. The van der Waals surface area contributed by atoms with Crippen LogP contribution in [0.1, 0.15) is 30.4 Å². The van der Waals surface area contributed by atoms with Crippen molar-refractivity contribution in [2.75, 3.05) is 14.2 Å². The Morgan fingerprint density at radius 2 is 1.52 bits per heavy atom. The minimum Gasteiger partial charge on any atom is -0.504 e. The molecule has 0 aliphatic heterocycles. The van der Waals surface area contributed by atoms with Crippen LogP contribution in [0.15, 0.2) is 40.9 Å². The standard InChI is InChI=1S/C21H23BrO5/c1-26-20-13-21(27-2)19(25)11-15(20)6-10-18(24)12-17(23)9-5-14-3-7-16(22)8-4-14/h3-4,7-8,11,13,25H,5-6,9-10,12H2,1-2H3. The van der Waals surface area contributed by atoms with Crippen LogP contribution in [-0.4, -0.2) is 30.9 Å². The van der Waals surface area contributed by atoms with Crippen molar-refractivity contribution in [1.82, 2.24) is 0 Å². The van der Waals surface area contributed by atoms with E-state index in [0.717, 1.165) is 10.0 Å². The van der Waals surface area contributed by atoms with E-state index in [-0.39, 0.29) is 30.2 Å². The number of phenolic OH excluding ortho intramolecular Hbond substituents is 1. The van der Waals surface area contributed by atoms with E-state index < -0.39 is 0 Å². The summed E-state index contributed by atoms with van der Waals surface area (Å²) in [5.74, 6) is 0.663. The van der Waals surface area contributed by atoms with Crippen LogP contribution >= 0.6 is 15.9 Å². The number of ether oxygens (including phenoxy) is 2. The smallest absolute Gasteiger partial charge is 0.164 e. The number of Topliss-reactive ketones (excluding diaryl/α,β-unsaturated/α-hetero) is 2. The van der Waals surface area contributed by atoms with E-state index in [1.54, 1.807) is 6.07 Å². The molecule has 2 rings (SSSR count). The average molecular weight is 435 g/mol. The minimum atomic E-state index is -0.117. The fourth-order valence-electron chi connectivity index (χ4n) is 2.75. The van der Waals surface area contributed by atoms with Crippen molar-refractivity contribution in [3.63, 3.8) is 0 Å². The zero-order valence-corrected chi connectivity index (χ0v) is 17.0. The number of phenols is 1. The predicted molar refractivity (Wildman–Crippen MR) is 107 cm³/mol. The summed E-state index contributed by atoms with van der Waals surface area (Å²) in [4.78, 5) is 24.2. The van der Waals surface area contributed by atoms with E-state index in [1.807, 2.05) is 24.3 Å². The van der Waals surface area contributed by atoms with Gasteiger partial charge in [0.25, 0.3) is 0 Å². The first-order valence-corrected chi connectivity index (χ1v) is 9.44. The number of aromatic hydroxyl groups is 1. The van der Waals surface area contributed by atoms with Crippen LogP contribution in [-0.2, 0) is 22.4 Å². The van der Waals surface area contributed by atoms with Crippen molar-refractivity contribution in [3.8, 4) is 17.2 Å². The van der Waals surface area contributed by atoms with Crippen LogP contribution < -0.4 is 9.47 Å². The Morgan fingerprint density at radius 1 is 0.926 bits per heavy atom. The van der Waals surface area contributed by atoms with E-state index in [4.69, 9.17) is 9.47 Å². The van der Waals surface area contributed by atoms with Crippen LogP contribution in [0.3, 0.4) is 0 Å². The Morgan fingerprint density at radius 3 is 2.11 bits per heavy atom. The summed E-state index contributed by atoms with van der Waals surface area (Å²) in [6, 6.07) is 10.9. The van der Waals surface area contributed by atoms with Gasteiger partial charge < -0.3 is 14.6 Å². The zero-order valence-electron chi connectivity index (χ0n) is 15.5. The quantitative estimate of drug-likeness (QED) is 0.565. The number of benzene rings is 2. The molecule has 0 unspecified atom stereocenters. The van der Waals surface area contributed by atoms with Crippen LogP contribution in [0.2, 0.25) is 0 Å². The van der Waals surface area contributed by atoms with Gasteiger partial charge in [0.2, 0.25) is 0 Å². The summed E-state index contributed by atoms with van der Waals surface area (Å²) < 4.78 is 11.3. The number of rotatable bonds is 10. The molecule has 144 valence electrons. The Bertz CT molecular complexity index is 799. The highest BCUT2D eigenvalue weighted by Crippen LogP contribution is 2.34. The van der Waals surface area contributed by atoms with Gasteiger partial charge in [-0.15, -0.1) is 0 Å². The molecule has 0 spiro atoms. The fourth-order valence-corrected chi connectivity index (χ4v) is 3.01. The third-order valence-electron chi connectivity index (χ3n) is 4.26. The van der Waals surface area contributed by atoms with Crippen molar-refractivity contribution in [1.29, 1.82) is 0 Å². The second-order valence-electron chi connectivity index (χ2n) is 6.22. The highest BCUT2D eigenvalue weighted by atomic mass is 79.9. The van der Waals surface area contributed by atoms with Crippen molar-refractivity contribution >= 4 is 27.5 Å². The van der Waals surface area contributed by atoms with E-state index >= 15 is 0 Å². The van der Waals surface area contributed by atoms with Gasteiger partial charge in [-0.1, -0.05) is 28.1 Å². The molecule has 27 heavy (non-hydrogen) atoms. The number of hydrogen-bond acceptors (Lipinski definition) is 5. The van der Waals surface area contributed by atoms with Gasteiger partial charge in [0.15, 0.2) is 11.5 Å². The molecule has 6 heteroatoms. The lowest BCUT2D eigenvalue weighted by Crippen LogP contribution is -2.10. The Kier molecular flexibility index (Phi) is 7.85. The van der Waals surface area contributed by atoms with Crippen LogP contribution in [0.5, 0.6) is 17.2 Å². The molecule has 0 amide bonds. The second-order valence-corrected chi connectivity index (χ2v) is 7.13. The van der Waals surface area contributed by atoms with E-state index in [0.29, 0.717) is 36.3 Å². The summed E-state index contributed by atoms with van der Waals surface area (Å²) >= 11 is 3.37. The fraction of sp³-hybridized carbons (Fsp3) is 0.333. The molecule has 1 N–H and O–H groups in total. The van der Waals surface area contributed by atoms with Gasteiger partial charge in [0.05, 0.1) is 20.6 Å². The first-order valence-electron chi connectivity index (χ1n) is 8.64. The van der Waals surface area contributed by atoms with Gasteiger partial charge in [0.1, 0.15) is 17.3 Å². The van der Waals surface area contributed by atoms with E-state index in [9.17, 15) is 14.7 Å². The topological polar surface area (TPSA) is 72.8 Å². The van der Waals surface area contributed by atoms with Gasteiger partial charge in [-0.25, -0.2) is 0 Å². The number of carbonyl (C=O) groups excluding carboxylic acids is 2. The molecule has 0 saturated carbocycles. The Labute approximate surface area is 167 Å². The third kappa shape index (κ3) is 6.40. The van der Waals surface area contributed by atoms with E-state index in [1.165, 1.54) is 20.3 Å². The second kappa shape index (κ2) is 10.1. The van der Waals surface area contributed by atoms with Crippen LogP contribution in [0.25, 0.3) is 0 Å². The number of hydrogen-bond donors (Lipinski definition) is 1. The number of methoxy groups -OCH3 is 2. The number of carbonyl (C=O) groups is 2. The molecule has 0 atom stereocenters. The van der Waals surface area contributed by atoms with Crippen molar-refractivity contribution in [2.24, 2.45) is 0 Å². The normalized spacial score (nSPS) is 10.5. The first-order chi connectivity index (χ1) is 12.9. The summed E-state index contributed by atoms with van der Waals surface area (Å²) in [6.45, 7) is 0. The van der Waals surface area contributed by atoms with Crippen LogP contribution in [0, 0.1) is 0 Å². The zero-order chi connectivity index (χ0) is 19.8. The van der Waals surface area contributed by atoms with Gasteiger partial charge in [0, 0.05) is 23.4 Å². The minimum absolute atomic E-state index is 0.00803. The molecule has 5 nitrogen and oxygen atoms in total. The first kappa shape index (κ1) is 21.0. The average Bonchev–Trinajstić information content (AvgIpc) is 2.66. The lowest BCUT2D eigenvalue weighted by atomic mass is 10.0. The molecular weight excluding hydrogens is 412 g/mol. The maximum atomic E-state index is 12.1. The molecule has 2 aromatic carbocycles. The summed E-state index contributed by atoms with van der Waals surface area (Å²) in [6.07, 6.45) is 1.51. The predicted octanol–water partition coefficient (Wildman–Crippen LogP) is 4.27. The molecule has 0 aliphatic carbocycles. The lowest BCUT2D eigenvalue weighted by molar-refractivity contribution is -0.126. The molecule has 0 saturated heterocycles. The molecular formula is C21H23BrO5. The van der Waals surface area contributed by atoms with Crippen molar-refractivity contribution in [2.45, 2.75) is 32.1 Å². The maximum Gasteiger partial charge on any atom is 0.164 e. The number of halogens is 1. The molecule has 0 radical (unpaired) electrons. The van der Waals surface area contributed by atoms with Gasteiger partial charge in [-0.05, 0) is 42.2 Å². The van der Waals surface area contributed by atoms with Gasteiger partial charge in [-0.3, -0.25) is 9.59 Å². The summed E-state index contributed by atoms with van der Waals surface area (Å²) in [5.41, 5.74) is 1.77. The molecule has 0 fully saturated rings. The molecule has 0 heterocycles. The van der Waals surface area contributed by atoms with Crippen molar-refractivity contribution < 1.29 is 24.2 Å². The monoisotopic (exact) mass is 434 g/mol. The highest BCUT2D eigenvalue weighted by molar-refractivity contribution is 9.10. The number of ketones is 2.